The Morgan fingerprint density at radius 3 is 2.88 bits per heavy atom. The van der Waals surface area contributed by atoms with Crippen LogP contribution in [0.2, 0.25) is 0 Å². The van der Waals surface area contributed by atoms with E-state index in [0.717, 1.165) is 25.9 Å². The minimum absolute atomic E-state index is 0.0725. The highest BCUT2D eigenvalue weighted by atomic mass is 79.9. The van der Waals surface area contributed by atoms with Crippen LogP contribution < -0.4 is 0 Å². The SMILES string of the molecule is CC1CCCN(C(=O)c2cc(F)cc(Br)c2)C1. The van der Waals surface area contributed by atoms with Gasteiger partial charge in [-0.1, -0.05) is 22.9 Å². The molecule has 17 heavy (non-hydrogen) atoms. The fourth-order valence-corrected chi connectivity index (χ4v) is 2.70. The van der Waals surface area contributed by atoms with Crippen molar-refractivity contribution in [1.29, 1.82) is 0 Å². The number of rotatable bonds is 1. The van der Waals surface area contributed by atoms with Gasteiger partial charge in [0.1, 0.15) is 5.82 Å². The maximum atomic E-state index is 13.2. The number of benzene rings is 1. The summed E-state index contributed by atoms with van der Waals surface area (Å²) >= 11 is 3.21. The molecule has 0 saturated carbocycles. The molecule has 4 heteroatoms. The van der Waals surface area contributed by atoms with Gasteiger partial charge in [0, 0.05) is 23.1 Å². The summed E-state index contributed by atoms with van der Waals surface area (Å²) in [6, 6.07) is 4.33. The molecule has 92 valence electrons. The van der Waals surface area contributed by atoms with E-state index >= 15 is 0 Å². The van der Waals surface area contributed by atoms with E-state index < -0.39 is 0 Å². The molecule has 0 N–H and O–H groups in total. The fraction of sp³-hybridized carbons (Fsp3) is 0.462. The number of hydrogen-bond donors (Lipinski definition) is 0. The molecule has 1 aromatic carbocycles. The first-order valence-corrected chi connectivity index (χ1v) is 6.61. The van der Waals surface area contributed by atoms with E-state index in [1.54, 1.807) is 6.07 Å². The van der Waals surface area contributed by atoms with Crippen molar-refractivity contribution in [3.63, 3.8) is 0 Å². The minimum atomic E-state index is -0.382. The number of hydrogen-bond acceptors (Lipinski definition) is 1. The molecule has 1 saturated heterocycles. The molecule has 2 nitrogen and oxygen atoms in total. The highest BCUT2D eigenvalue weighted by molar-refractivity contribution is 9.10. The van der Waals surface area contributed by atoms with Gasteiger partial charge in [-0.05, 0) is 37.0 Å². The van der Waals surface area contributed by atoms with E-state index in [-0.39, 0.29) is 11.7 Å². The zero-order chi connectivity index (χ0) is 12.4. The van der Waals surface area contributed by atoms with Gasteiger partial charge >= 0.3 is 0 Å². The quantitative estimate of drug-likeness (QED) is 0.778. The normalized spacial score (nSPS) is 20.4. The molecule has 2 rings (SSSR count). The maximum absolute atomic E-state index is 13.2. The van der Waals surface area contributed by atoms with Crippen LogP contribution in [0.5, 0.6) is 0 Å². The summed E-state index contributed by atoms with van der Waals surface area (Å²) in [5, 5.41) is 0. The summed E-state index contributed by atoms with van der Waals surface area (Å²) in [5.74, 6) is 0.0780. The van der Waals surface area contributed by atoms with Crippen LogP contribution in [0.1, 0.15) is 30.1 Å². The summed E-state index contributed by atoms with van der Waals surface area (Å²) in [6.07, 6.45) is 2.19. The number of carbonyl (C=O) groups excluding carboxylic acids is 1. The van der Waals surface area contributed by atoms with Gasteiger partial charge in [0.15, 0.2) is 0 Å². The molecule has 1 aromatic rings. The molecule has 0 aromatic heterocycles. The van der Waals surface area contributed by atoms with Crippen molar-refractivity contribution in [1.82, 2.24) is 4.90 Å². The Bertz CT molecular complexity index is 415. The van der Waals surface area contributed by atoms with Crippen molar-refractivity contribution in [3.8, 4) is 0 Å². The van der Waals surface area contributed by atoms with Crippen LogP contribution in [0.3, 0.4) is 0 Å². The predicted molar refractivity (Wildman–Crippen MR) is 68.4 cm³/mol. The van der Waals surface area contributed by atoms with Gasteiger partial charge in [-0.25, -0.2) is 4.39 Å². The molecule has 1 amide bonds. The largest absolute Gasteiger partial charge is 0.338 e. The summed E-state index contributed by atoms with van der Waals surface area (Å²) in [5.41, 5.74) is 0.422. The van der Waals surface area contributed by atoms with Crippen LogP contribution in [0.4, 0.5) is 4.39 Å². The Kier molecular flexibility index (Phi) is 3.82. The summed E-state index contributed by atoms with van der Waals surface area (Å²) in [4.78, 5) is 14.0. The molecular formula is C13H15BrFNO. The number of amides is 1. The van der Waals surface area contributed by atoms with Crippen molar-refractivity contribution in [2.24, 2.45) is 5.92 Å². The second-order valence-corrected chi connectivity index (χ2v) is 5.57. The fourth-order valence-electron chi connectivity index (χ4n) is 2.23. The zero-order valence-corrected chi connectivity index (χ0v) is 11.3. The van der Waals surface area contributed by atoms with Crippen LogP contribution >= 0.6 is 15.9 Å². The van der Waals surface area contributed by atoms with E-state index in [2.05, 4.69) is 22.9 Å². The van der Waals surface area contributed by atoms with Crippen molar-refractivity contribution in [2.75, 3.05) is 13.1 Å². The van der Waals surface area contributed by atoms with Crippen LogP contribution in [0.25, 0.3) is 0 Å². The first-order chi connectivity index (χ1) is 8.06. The predicted octanol–water partition coefficient (Wildman–Crippen LogP) is 3.46. The highest BCUT2D eigenvalue weighted by Crippen LogP contribution is 2.20. The monoisotopic (exact) mass is 299 g/mol. The molecular weight excluding hydrogens is 285 g/mol. The number of piperidine rings is 1. The molecule has 0 bridgehead atoms. The number of likely N-dealkylation sites (tertiary alicyclic amines) is 1. The van der Waals surface area contributed by atoms with Gasteiger partial charge in [-0.15, -0.1) is 0 Å². The molecule has 0 spiro atoms. The Morgan fingerprint density at radius 2 is 2.24 bits per heavy atom. The van der Waals surface area contributed by atoms with E-state index in [9.17, 15) is 9.18 Å². The average Bonchev–Trinajstić information content (AvgIpc) is 2.26. The topological polar surface area (TPSA) is 20.3 Å². The molecule has 0 radical (unpaired) electrons. The second-order valence-electron chi connectivity index (χ2n) is 4.66. The Morgan fingerprint density at radius 1 is 1.47 bits per heavy atom. The van der Waals surface area contributed by atoms with Gasteiger partial charge in [0.2, 0.25) is 0 Å². The Labute approximate surface area is 109 Å². The Hall–Kier alpha value is -0.900. The highest BCUT2D eigenvalue weighted by Gasteiger charge is 2.22. The second kappa shape index (κ2) is 5.17. The molecule has 1 heterocycles. The maximum Gasteiger partial charge on any atom is 0.254 e. The molecule has 0 aliphatic carbocycles. The molecule has 1 atom stereocenters. The van der Waals surface area contributed by atoms with Crippen LogP contribution in [0.15, 0.2) is 22.7 Å². The summed E-state index contributed by atoms with van der Waals surface area (Å²) < 4.78 is 13.8. The molecule has 1 fully saturated rings. The molecule has 1 aliphatic heterocycles. The standard InChI is InChI=1S/C13H15BrFNO/c1-9-3-2-4-16(8-9)13(17)10-5-11(14)7-12(15)6-10/h5-7,9H,2-4,8H2,1H3. The summed E-state index contributed by atoms with van der Waals surface area (Å²) in [7, 11) is 0. The van der Waals surface area contributed by atoms with E-state index in [0.29, 0.717) is 16.0 Å². The van der Waals surface area contributed by atoms with Crippen molar-refractivity contribution in [3.05, 3.63) is 34.1 Å². The van der Waals surface area contributed by atoms with Crippen LogP contribution in [-0.2, 0) is 0 Å². The van der Waals surface area contributed by atoms with Gasteiger partial charge in [-0.2, -0.15) is 0 Å². The summed E-state index contributed by atoms with van der Waals surface area (Å²) in [6.45, 7) is 3.69. The lowest BCUT2D eigenvalue weighted by atomic mass is 9.99. The van der Waals surface area contributed by atoms with Gasteiger partial charge in [0.25, 0.3) is 5.91 Å². The van der Waals surface area contributed by atoms with Gasteiger partial charge < -0.3 is 4.90 Å². The third kappa shape index (κ3) is 3.06. The van der Waals surface area contributed by atoms with Crippen molar-refractivity contribution >= 4 is 21.8 Å². The van der Waals surface area contributed by atoms with E-state index in [1.165, 1.54) is 12.1 Å². The Balaban J connectivity index is 2.18. The van der Waals surface area contributed by atoms with Gasteiger partial charge in [0.05, 0.1) is 0 Å². The van der Waals surface area contributed by atoms with Gasteiger partial charge in [-0.3, -0.25) is 4.79 Å². The van der Waals surface area contributed by atoms with Crippen molar-refractivity contribution < 1.29 is 9.18 Å². The lowest BCUT2D eigenvalue weighted by molar-refractivity contribution is 0.0682. The third-order valence-corrected chi connectivity index (χ3v) is 3.51. The molecule has 1 unspecified atom stereocenters. The van der Waals surface area contributed by atoms with Crippen LogP contribution in [-0.4, -0.2) is 23.9 Å². The number of halogens is 2. The number of carbonyl (C=O) groups is 1. The van der Waals surface area contributed by atoms with E-state index in [4.69, 9.17) is 0 Å². The smallest absolute Gasteiger partial charge is 0.254 e. The van der Waals surface area contributed by atoms with E-state index in [1.807, 2.05) is 4.90 Å². The average molecular weight is 300 g/mol. The first-order valence-electron chi connectivity index (χ1n) is 5.81. The third-order valence-electron chi connectivity index (χ3n) is 3.05. The lowest BCUT2D eigenvalue weighted by Gasteiger charge is -2.31. The lowest BCUT2D eigenvalue weighted by Crippen LogP contribution is -2.39. The molecule has 1 aliphatic rings. The first kappa shape index (κ1) is 12.6. The number of nitrogens with zero attached hydrogens (tertiary/aromatic N) is 1. The van der Waals surface area contributed by atoms with Crippen LogP contribution in [0, 0.1) is 11.7 Å². The minimum Gasteiger partial charge on any atom is -0.338 e. The zero-order valence-electron chi connectivity index (χ0n) is 9.75. The van der Waals surface area contributed by atoms with Crippen molar-refractivity contribution in [2.45, 2.75) is 19.8 Å².